The Hall–Kier alpha value is -3.57. The van der Waals surface area contributed by atoms with Crippen LogP contribution in [0.4, 0.5) is 14.9 Å². The minimum absolute atomic E-state index is 0.0118. The molecule has 2 aromatic rings. The minimum Gasteiger partial charge on any atom is -0.480 e. The molecule has 12 heteroatoms. The van der Waals surface area contributed by atoms with E-state index in [1.807, 2.05) is 0 Å². The number of aliphatic carboxylic acids is 1. The van der Waals surface area contributed by atoms with Gasteiger partial charge in [-0.2, -0.15) is 4.80 Å². The van der Waals surface area contributed by atoms with E-state index in [0.717, 1.165) is 10.9 Å². The number of nitrogens with zero attached hydrogens (tertiary/aromatic N) is 5. The molecule has 2 N–H and O–H groups in total. The van der Waals surface area contributed by atoms with Crippen molar-refractivity contribution in [3.63, 3.8) is 0 Å². The van der Waals surface area contributed by atoms with Gasteiger partial charge in [0.25, 0.3) is 0 Å². The van der Waals surface area contributed by atoms with Crippen LogP contribution < -0.4 is 10.2 Å². The van der Waals surface area contributed by atoms with Gasteiger partial charge >= 0.3 is 12.1 Å². The summed E-state index contributed by atoms with van der Waals surface area (Å²) in [5, 5.41) is 22.2. The molecule has 1 saturated heterocycles. The second kappa shape index (κ2) is 7.35. The fourth-order valence-corrected chi connectivity index (χ4v) is 2.49. The maximum atomic E-state index is 14.5. The Bertz CT molecular complexity index is 901. The molecule has 2 amide bonds. The van der Waals surface area contributed by atoms with Crippen molar-refractivity contribution < 1.29 is 28.6 Å². The number of amides is 2. The van der Waals surface area contributed by atoms with Gasteiger partial charge in [0.2, 0.25) is 11.7 Å². The van der Waals surface area contributed by atoms with Crippen molar-refractivity contribution in [3.8, 4) is 11.4 Å². The van der Waals surface area contributed by atoms with Crippen LogP contribution in [-0.2, 0) is 20.9 Å². The van der Waals surface area contributed by atoms with Crippen molar-refractivity contribution >= 4 is 23.7 Å². The average Bonchev–Trinajstić information content (AvgIpc) is 3.19. The SMILES string of the molecule is CC(=O)NC[C@H]1CN(c2ccc(-c3nnn(CC(=O)O)n3)c(F)c2)C(=O)O1. The molecule has 2 heterocycles. The summed E-state index contributed by atoms with van der Waals surface area (Å²) in [6, 6.07) is 3.97. The van der Waals surface area contributed by atoms with Gasteiger partial charge < -0.3 is 15.2 Å². The van der Waals surface area contributed by atoms with Gasteiger partial charge in [-0.15, -0.1) is 10.2 Å². The molecule has 142 valence electrons. The quantitative estimate of drug-likeness (QED) is 0.717. The summed E-state index contributed by atoms with van der Waals surface area (Å²) in [5.41, 5.74) is 0.280. The summed E-state index contributed by atoms with van der Waals surface area (Å²) < 4.78 is 19.6. The van der Waals surface area contributed by atoms with Crippen LogP contribution in [0.5, 0.6) is 0 Å². The van der Waals surface area contributed by atoms with E-state index in [1.165, 1.54) is 24.0 Å². The van der Waals surface area contributed by atoms with Gasteiger partial charge in [-0.25, -0.2) is 9.18 Å². The van der Waals surface area contributed by atoms with Gasteiger partial charge in [0.05, 0.1) is 24.3 Å². The molecule has 1 aliphatic heterocycles. The number of carbonyl (C=O) groups is 3. The summed E-state index contributed by atoms with van der Waals surface area (Å²) in [7, 11) is 0. The van der Waals surface area contributed by atoms with Gasteiger partial charge in [0, 0.05) is 6.92 Å². The predicted octanol–water partition coefficient (Wildman–Crippen LogP) is 0.0251. The zero-order chi connectivity index (χ0) is 19.6. The highest BCUT2D eigenvalue weighted by atomic mass is 19.1. The molecular weight excluding hydrogens is 363 g/mol. The minimum atomic E-state index is -1.16. The first-order chi connectivity index (χ1) is 12.8. The number of rotatable bonds is 6. The van der Waals surface area contributed by atoms with E-state index in [1.54, 1.807) is 0 Å². The fraction of sp³-hybridized carbons (Fsp3) is 0.333. The first-order valence-electron chi connectivity index (χ1n) is 7.85. The van der Waals surface area contributed by atoms with E-state index >= 15 is 0 Å². The lowest BCUT2D eigenvalue weighted by Crippen LogP contribution is -2.33. The average molecular weight is 378 g/mol. The number of aromatic nitrogens is 4. The monoisotopic (exact) mass is 378 g/mol. The Morgan fingerprint density at radius 1 is 1.44 bits per heavy atom. The van der Waals surface area contributed by atoms with Gasteiger partial charge in [-0.05, 0) is 23.4 Å². The number of anilines is 1. The normalized spacial score (nSPS) is 16.3. The van der Waals surface area contributed by atoms with Gasteiger partial charge in [-0.3, -0.25) is 14.5 Å². The van der Waals surface area contributed by atoms with Gasteiger partial charge in [0.15, 0.2) is 6.54 Å². The third-order valence-corrected chi connectivity index (χ3v) is 3.69. The smallest absolute Gasteiger partial charge is 0.414 e. The number of carboxylic acid groups (broad SMARTS) is 1. The highest BCUT2D eigenvalue weighted by Gasteiger charge is 2.32. The van der Waals surface area contributed by atoms with Crippen molar-refractivity contribution in [3.05, 3.63) is 24.0 Å². The molecule has 1 aromatic heterocycles. The summed E-state index contributed by atoms with van der Waals surface area (Å²) in [4.78, 5) is 35.6. The first kappa shape index (κ1) is 18.2. The highest BCUT2D eigenvalue weighted by molar-refractivity contribution is 5.90. The summed E-state index contributed by atoms with van der Waals surface area (Å²) in [6.45, 7) is 1.17. The molecular formula is C15H15FN6O5. The lowest BCUT2D eigenvalue weighted by atomic mass is 10.1. The zero-order valence-electron chi connectivity index (χ0n) is 14.1. The van der Waals surface area contributed by atoms with Crippen LogP contribution in [0.2, 0.25) is 0 Å². The summed E-state index contributed by atoms with van der Waals surface area (Å²) >= 11 is 0. The molecule has 11 nitrogen and oxygen atoms in total. The molecule has 1 fully saturated rings. The number of halogens is 1. The third kappa shape index (κ3) is 4.16. The number of carbonyl (C=O) groups excluding carboxylic acids is 2. The maximum Gasteiger partial charge on any atom is 0.414 e. The van der Waals surface area contributed by atoms with Crippen molar-refractivity contribution in [2.24, 2.45) is 0 Å². The third-order valence-electron chi connectivity index (χ3n) is 3.69. The standard InChI is InChI=1S/C15H15FN6O5/c1-8(23)17-5-10-6-21(15(26)27-10)9-2-3-11(12(16)4-9)14-18-20-22(19-14)7-13(24)25/h2-4,10H,5-7H2,1H3,(H,17,23)(H,24,25)/t10-/m0/s1. The van der Waals surface area contributed by atoms with Gasteiger partial charge in [0.1, 0.15) is 11.9 Å². The lowest BCUT2D eigenvalue weighted by Gasteiger charge is -2.13. The Balaban J connectivity index is 1.75. The zero-order valence-corrected chi connectivity index (χ0v) is 14.1. The van der Waals surface area contributed by atoms with E-state index in [9.17, 15) is 18.8 Å². The fourth-order valence-electron chi connectivity index (χ4n) is 2.49. The molecule has 1 atom stereocenters. The number of cyclic esters (lactones) is 1. The van der Waals surface area contributed by atoms with Crippen molar-refractivity contribution in [2.75, 3.05) is 18.0 Å². The van der Waals surface area contributed by atoms with Crippen LogP contribution in [0, 0.1) is 5.82 Å². The van der Waals surface area contributed by atoms with Crippen molar-refractivity contribution in [2.45, 2.75) is 19.6 Å². The van der Waals surface area contributed by atoms with Crippen LogP contribution in [0.1, 0.15) is 6.92 Å². The highest BCUT2D eigenvalue weighted by Crippen LogP contribution is 2.27. The molecule has 1 aromatic carbocycles. The Kier molecular flexibility index (Phi) is 4.96. The number of carboxylic acids is 1. The van der Waals surface area contributed by atoms with Crippen LogP contribution >= 0.6 is 0 Å². The number of hydrogen-bond donors (Lipinski definition) is 2. The molecule has 0 unspecified atom stereocenters. The first-order valence-corrected chi connectivity index (χ1v) is 7.85. The molecule has 0 radical (unpaired) electrons. The van der Waals surface area contributed by atoms with E-state index < -0.39 is 30.5 Å². The second-order valence-electron chi connectivity index (χ2n) is 5.75. The number of benzene rings is 1. The van der Waals surface area contributed by atoms with Crippen molar-refractivity contribution in [1.29, 1.82) is 0 Å². The number of tetrazole rings is 1. The Morgan fingerprint density at radius 3 is 2.89 bits per heavy atom. The predicted molar refractivity (Wildman–Crippen MR) is 87.1 cm³/mol. The van der Waals surface area contributed by atoms with Crippen molar-refractivity contribution in [1.82, 2.24) is 25.5 Å². The number of ether oxygens (including phenoxy) is 1. The second-order valence-corrected chi connectivity index (χ2v) is 5.75. The Morgan fingerprint density at radius 2 is 2.22 bits per heavy atom. The summed E-state index contributed by atoms with van der Waals surface area (Å²) in [5.74, 6) is -2.19. The topological polar surface area (TPSA) is 140 Å². The van der Waals surface area contributed by atoms with Crippen LogP contribution in [0.25, 0.3) is 11.4 Å². The molecule has 3 rings (SSSR count). The van der Waals surface area contributed by atoms with Crippen LogP contribution in [-0.4, -0.2) is 62.5 Å². The Labute approximate surface area is 151 Å². The largest absolute Gasteiger partial charge is 0.480 e. The number of hydrogen-bond acceptors (Lipinski definition) is 7. The van der Waals surface area contributed by atoms with E-state index in [-0.39, 0.29) is 36.1 Å². The van der Waals surface area contributed by atoms with E-state index in [0.29, 0.717) is 0 Å². The molecule has 27 heavy (non-hydrogen) atoms. The molecule has 0 spiro atoms. The van der Waals surface area contributed by atoms with E-state index in [4.69, 9.17) is 9.84 Å². The molecule has 0 saturated carbocycles. The molecule has 1 aliphatic rings. The molecule has 0 bridgehead atoms. The maximum absolute atomic E-state index is 14.5. The number of nitrogens with one attached hydrogen (secondary N) is 1. The van der Waals surface area contributed by atoms with Crippen LogP contribution in [0.15, 0.2) is 18.2 Å². The molecule has 0 aliphatic carbocycles. The van der Waals surface area contributed by atoms with Crippen LogP contribution in [0.3, 0.4) is 0 Å². The van der Waals surface area contributed by atoms with Gasteiger partial charge in [-0.1, -0.05) is 0 Å². The van der Waals surface area contributed by atoms with E-state index in [2.05, 4.69) is 20.7 Å². The summed E-state index contributed by atoms with van der Waals surface area (Å²) in [6.07, 6.45) is -1.19. The lowest BCUT2D eigenvalue weighted by molar-refractivity contribution is -0.138.